The number of aliphatic hydroxyl groups is 1. The Balaban J connectivity index is 2.87. The largest absolute Gasteiger partial charge is 0.394 e. The Morgan fingerprint density at radius 1 is 1.38 bits per heavy atom. The summed E-state index contributed by atoms with van der Waals surface area (Å²) in [5.74, 6) is 0.386. The Labute approximate surface area is 97.7 Å². The third-order valence-corrected chi connectivity index (χ3v) is 2.82. The van der Waals surface area contributed by atoms with E-state index in [9.17, 15) is 5.11 Å². The fourth-order valence-corrected chi connectivity index (χ4v) is 1.66. The van der Waals surface area contributed by atoms with Crippen LogP contribution >= 0.6 is 0 Å². The summed E-state index contributed by atoms with van der Waals surface area (Å²) in [6.07, 6.45) is 0. The molecule has 1 atom stereocenters. The van der Waals surface area contributed by atoms with Crippen molar-refractivity contribution >= 4 is 5.69 Å². The van der Waals surface area contributed by atoms with Crippen LogP contribution in [0.2, 0.25) is 0 Å². The maximum absolute atomic E-state index is 9.28. The number of aryl methyl sites for hydroxylation is 1. The van der Waals surface area contributed by atoms with E-state index < -0.39 is 0 Å². The fourth-order valence-electron chi connectivity index (χ4n) is 1.66. The van der Waals surface area contributed by atoms with Crippen molar-refractivity contribution in [2.24, 2.45) is 11.7 Å². The summed E-state index contributed by atoms with van der Waals surface area (Å²) in [5.41, 5.74) is 9.04. The van der Waals surface area contributed by atoms with Gasteiger partial charge in [-0.2, -0.15) is 0 Å². The van der Waals surface area contributed by atoms with Gasteiger partial charge in [0.25, 0.3) is 0 Å². The van der Waals surface area contributed by atoms with Gasteiger partial charge in [-0.05, 0) is 24.5 Å². The molecule has 0 saturated carbocycles. The molecule has 0 bridgehead atoms. The average molecular weight is 222 g/mol. The van der Waals surface area contributed by atoms with Crippen LogP contribution in [0.15, 0.2) is 18.2 Å². The highest BCUT2D eigenvalue weighted by Gasteiger charge is 2.13. The van der Waals surface area contributed by atoms with Crippen LogP contribution in [-0.4, -0.2) is 17.8 Å². The number of hydrogen-bond acceptors (Lipinski definition) is 3. The van der Waals surface area contributed by atoms with Crippen molar-refractivity contribution in [2.45, 2.75) is 33.4 Å². The Bertz CT molecular complexity index is 337. The smallest absolute Gasteiger partial charge is 0.0635 e. The van der Waals surface area contributed by atoms with E-state index in [0.717, 1.165) is 11.3 Å². The highest BCUT2D eigenvalue weighted by atomic mass is 16.3. The Kier molecular flexibility index (Phi) is 4.77. The van der Waals surface area contributed by atoms with Gasteiger partial charge in [0.05, 0.1) is 12.6 Å². The molecule has 0 aliphatic heterocycles. The molecule has 0 aliphatic carbocycles. The van der Waals surface area contributed by atoms with Crippen molar-refractivity contribution in [3.8, 4) is 0 Å². The molecule has 0 aliphatic rings. The first-order valence-electron chi connectivity index (χ1n) is 5.75. The summed E-state index contributed by atoms with van der Waals surface area (Å²) >= 11 is 0. The second kappa shape index (κ2) is 5.87. The van der Waals surface area contributed by atoms with E-state index in [0.29, 0.717) is 12.5 Å². The lowest BCUT2D eigenvalue weighted by atomic mass is 10.0. The Hall–Kier alpha value is -1.06. The molecular formula is C13H22N2O. The lowest BCUT2D eigenvalue weighted by molar-refractivity contribution is 0.249. The normalized spacial score (nSPS) is 12.9. The molecule has 3 heteroatoms. The minimum atomic E-state index is 0.0769. The molecule has 0 amide bonds. The van der Waals surface area contributed by atoms with Gasteiger partial charge in [-0.3, -0.25) is 0 Å². The zero-order valence-corrected chi connectivity index (χ0v) is 10.3. The number of rotatable bonds is 5. The van der Waals surface area contributed by atoms with Gasteiger partial charge in [0, 0.05) is 12.2 Å². The molecule has 0 saturated heterocycles. The Morgan fingerprint density at radius 2 is 2.06 bits per heavy atom. The van der Waals surface area contributed by atoms with Gasteiger partial charge in [-0.25, -0.2) is 0 Å². The third-order valence-electron chi connectivity index (χ3n) is 2.82. The third kappa shape index (κ3) is 3.22. The topological polar surface area (TPSA) is 58.3 Å². The molecule has 0 spiro atoms. The van der Waals surface area contributed by atoms with Crippen LogP contribution in [-0.2, 0) is 6.54 Å². The second-order valence-electron chi connectivity index (χ2n) is 4.54. The monoisotopic (exact) mass is 222 g/mol. The number of anilines is 1. The van der Waals surface area contributed by atoms with Gasteiger partial charge < -0.3 is 16.2 Å². The van der Waals surface area contributed by atoms with Gasteiger partial charge >= 0.3 is 0 Å². The molecule has 4 N–H and O–H groups in total. The minimum Gasteiger partial charge on any atom is -0.394 e. The highest BCUT2D eigenvalue weighted by Crippen LogP contribution is 2.19. The quantitative estimate of drug-likeness (QED) is 0.713. The summed E-state index contributed by atoms with van der Waals surface area (Å²) in [4.78, 5) is 0. The summed E-state index contributed by atoms with van der Waals surface area (Å²) in [5, 5.41) is 12.6. The predicted octanol–water partition coefficient (Wildman–Crippen LogP) is 1.88. The maximum atomic E-state index is 9.28. The first-order valence-corrected chi connectivity index (χ1v) is 5.75. The molecule has 1 aromatic carbocycles. The number of hydrogen-bond donors (Lipinski definition) is 3. The van der Waals surface area contributed by atoms with Crippen molar-refractivity contribution in [3.63, 3.8) is 0 Å². The molecule has 16 heavy (non-hydrogen) atoms. The second-order valence-corrected chi connectivity index (χ2v) is 4.54. The minimum absolute atomic E-state index is 0.0769. The summed E-state index contributed by atoms with van der Waals surface area (Å²) < 4.78 is 0. The van der Waals surface area contributed by atoms with Gasteiger partial charge in [0.1, 0.15) is 0 Å². The van der Waals surface area contributed by atoms with Crippen molar-refractivity contribution in [1.29, 1.82) is 0 Å². The zero-order chi connectivity index (χ0) is 12.1. The van der Waals surface area contributed by atoms with Gasteiger partial charge in [0.2, 0.25) is 0 Å². The van der Waals surface area contributed by atoms with Gasteiger partial charge in [0.15, 0.2) is 0 Å². The zero-order valence-electron chi connectivity index (χ0n) is 10.3. The van der Waals surface area contributed by atoms with E-state index in [1.807, 2.05) is 6.07 Å². The molecular weight excluding hydrogens is 200 g/mol. The summed E-state index contributed by atoms with van der Waals surface area (Å²) in [6.45, 7) is 6.87. The number of nitrogens with two attached hydrogens (primary N) is 1. The van der Waals surface area contributed by atoms with Crippen LogP contribution in [0.3, 0.4) is 0 Å². The number of aliphatic hydroxyl groups excluding tert-OH is 1. The van der Waals surface area contributed by atoms with E-state index >= 15 is 0 Å². The van der Waals surface area contributed by atoms with Crippen LogP contribution in [0.1, 0.15) is 25.0 Å². The highest BCUT2D eigenvalue weighted by molar-refractivity contribution is 5.53. The van der Waals surface area contributed by atoms with Crippen LogP contribution in [0, 0.1) is 12.8 Å². The van der Waals surface area contributed by atoms with Crippen LogP contribution in [0.25, 0.3) is 0 Å². The lowest BCUT2D eigenvalue weighted by Gasteiger charge is -2.23. The molecule has 90 valence electrons. The molecule has 0 radical (unpaired) electrons. The van der Waals surface area contributed by atoms with Gasteiger partial charge in [-0.15, -0.1) is 0 Å². The average Bonchev–Trinajstić information content (AvgIpc) is 2.26. The van der Waals surface area contributed by atoms with E-state index in [1.165, 1.54) is 5.56 Å². The first kappa shape index (κ1) is 13.0. The van der Waals surface area contributed by atoms with Crippen molar-refractivity contribution in [3.05, 3.63) is 29.3 Å². The predicted molar refractivity (Wildman–Crippen MR) is 68.4 cm³/mol. The fraction of sp³-hybridized carbons (Fsp3) is 0.538. The molecule has 0 aromatic heterocycles. The van der Waals surface area contributed by atoms with Crippen LogP contribution < -0.4 is 11.1 Å². The Morgan fingerprint density at radius 3 is 2.56 bits per heavy atom. The lowest BCUT2D eigenvalue weighted by Crippen LogP contribution is -2.30. The van der Waals surface area contributed by atoms with E-state index in [4.69, 9.17) is 5.73 Å². The molecule has 0 fully saturated rings. The summed E-state index contributed by atoms with van der Waals surface area (Å²) in [7, 11) is 0. The summed E-state index contributed by atoms with van der Waals surface area (Å²) in [6, 6.07) is 6.24. The SMILES string of the molecule is Cc1ccc(NC(CO)C(C)C)c(CN)c1. The standard InChI is InChI=1S/C13H22N2O/c1-9(2)13(8-16)15-12-5-4-10(3)6-11(12)7-14/h4-6,9,13,15-16H,7-8,14H2,1-3H3. The molecule has 1 rings (SSSR count). The van der Waals surface area contributed by atoms with E-state index in [-0.39, 0.29) is 12.6 Å². The van der Waals surface area contributed by atoms with E-state index in [2.05, 4.69) is 38.2 Å². The molecule has 1 aromatic rings. The maximum Gasteiger partial charge on any atom is 0.0635 e. The number of nitrogens with one attached hydrogen (secondary N) is 1. The number of benzene rings is 1. The van der Waals surface area contributed by atoms with Crippen molar-refractivity contribution in [2.75, 3.05) is 11.9 Å². The molecule has 3 nitrogen and oxygen atoms in total. The van der Waals surface area contributed by atoms with Gasteiger partial charge in [-0.1, -0.05) is 31.5 Å². The molecule has 0 heterocycles. The van der Waals surface area contributed by atoms with E-state index in [1.54, 1.807) is 0 Å². The van der Waals surface area contributed by atoms with Crippen LogP contribution in [0.5, 0.6) is 0 Å². The van der Waals surface area contributed by atoms with Crippen molar-refractivity contribution in [1.82, 2.24) is 0 Å². The molecule has 1 unspecified atom stereocenters. The first-order chi connectivity index (χ1) is 7.58. The van der Waals surface area contributed by atoms with Crippen LogP contribution in [0.4, 0.5) is 5.69 Å². The van der Waals surface area contributed by atoms with Crippen molar-refractivity contribution < 1.29 is 5.11 Å².